The Labute approximate surface area is 133 Å². The van der Waals surface area contributed by atoms with Gasteiger partial charge in [0.2, 0.25) is 5.91 Å². The first kappa shape index (κ1) is 17.6. The van der Waals surface area contributed by atoms with E-state index in [1.165, 1.54) is 0 Å². The molecule has 0 saturated heterocycles. The van der Waals surface area contributed by atoms with Crippen molar-refractivity contribution in [3.05, 3.63) is 30.3 Å². The molecular formula is C17H26N2OS. The largest absolute Gasteiger partial charge is 0.392 e. The second kappa shape index (κ2) is 8.13. The molecule has 1 aromatic carbocycles. The van der Waals surface area contributed by atoms with Crippen molar-refractivity contribution < 1.29 is 4.79 Å². The number of nitrogens with two attached hydrogens (primary N) is 1. The van der Waals surface area contributed by atoms with Gasteiger partial charge in [0.05, 0.1) is 10.4 Å². The van der Waals surface area contributed by atoms with Crippen molar-refractivity contribution in [2.45, 2.75) is 46.5 Å². The van der Waals surface area contributed by atoms with E-state index >= 15 is 0 Å². The number of hydrogen-bond donors (Lipinski definition) is 1. The minimum absolute atomic E-state index is 0.0275. The first-order valence-electron chi connectivity index (χ1n) is 7.70. The highest BCUT2D eigenvalue weighted by atomic mass is 32.1. The van der Waals surface area contributed by atoms with E-state index in [1.807, 2.05) is 49.1 Å². The lowest BCUT2D eigenvalue weighted by Crippen LogP contribution is -2.50. The van der Waals surface area contributed by atoms with Gasteiger partial charge in [0.15, 0.2) is 0 Å². The van der Waals surface area contributed by atoms with Crippen molar-refractivity contribution in [2.24, 2.45) is 11.1 Å². The summed E-state index contributed by atoms with van der Waals surface area (Å²) in [5, 5.41) is 0. The third-order valence-electron chi connectivity index (χ3n) is 4.14. The van der Waals surface area contributed by atoms with Crippen molar-refractivity contribution in [1.82, 2.24) is 0 Å². The van der Waals surface area contributed by atoms with Gasteiger partial charge in [-0.2, -0.15) is 0 Å². The zero-order valence-electron chi connectivity index (χ0n) is 13.3. The topological polar surface area (TPSA) is 46.3 Å². The van der Waals surface area contributed by atoms with Crippen LogP contribution in [0.3, 0.4) is 0 Å². The van der Waals surface area contributed by atoms with Gasteiger partial charge in [-0.05, 0) is 31.4 Å². The molecule has 0 fully saturated rings. The number of thiocarbonyl (C=S) groups is 1. The van der Waals surface area contributed by atoms with Crippen LogP contribution in [0.5, 0.6) is 0 Å². The minimum atomic E-state index is -0.737. The Morgan fingerprint density at radius 1 is 1.19 bits per heavy atom. The first-order chi connectivity index (χ1) is 10.0. The maximum atomic E-state index is 13.1. The SMILES string of the molecule is CCCCN(C(=O)C(CC)(CC)C(N)=S)c1ccccc1. The summed E-state index contributed by atoms with van der Waals surface area (Å²) >= 11 is 5.22. The fourth-order valence-corrected chi connectivity index (χ4v) is 2.91. The number of carbonyl (C=O) groups excluding carboxylic acids is 1. The Kier molecular flexibility index (Phi) is 6.82. The summed E-state index contributed by atoms with van der Waals surface area (Å²) in [5.41, 5.74) is 6.10. The van der Waals surface area contributed by atoms with Gasteiger partial charge in [-0.3, -0.25) is 4.79 Å². The maximum Gasteiger partial charge on any atom is 0.240 e. The Morgan fingerprint density at radius 3 is 2.19 bits per heavy atom. The molecule has 3 nitrogen and oxygen atoms in total. The molecule has 1 amide bonds. The average Bonchev–Trinajstić information content (AvgIpc) is 2.50. The summed E-state index contributed by atoms with van der Waals surface area (Å²) in [4.78, 5) is 15.3. The zero-order chi connectivity index (χ0) is 15.9. The van der Waals surface area contributed by atoms with Gasteiger partial charge in [0.25, 0.3) is 0 Å². The molecule has 1 aromatic rings. The lowest BCUT2D eigenvalue weighted by atomic mass is 9.80. The lowest BCUT2D eigenvalue weighted by Gasteiger charge is -2.35. The molecule has 4 heteroatoms. The normalized spacial score (nSPS) is 11.2. The van der Waals surface area contributed by atoms with Crippen LogP contribution >= 0.6 is 12.2 Å². The highest BCUT2D eigenvalue weighted by Gasteiger charge is 2.41. The number of rotatable bonds is 8. The molecule has 0 aliphatic carbocycles. The van der Waals surface area contributed by atoms with E-state index in [0.717, 1.165) is 18.5 Å². The predicted octanol–water partition coefficient (Wildman–Crippen LogP) is 3.91. The molecule has 0 aromatic heterocycles. The number of benzene rings is 1. The van der Waals surface area contributed by atoms with E-state index in [2.05, 4.69) is 6.92 Å². The summed E-state index contributed by atoms with van der Waals surface area (Å²) in [7, 11) is 0. The van der Waals surface area contributed by atoms with E-state index in [1.54, 1.807) is 0 Å². The average molecular weight is 306 g/mol. The first-order valence-corrected chi connectivity index (χ1v) is 8.11. The number of carbonyl (C=O) groups is 1. The summed E-state index contributed by atoms with van der Waals surface area (Å²) in [6.45, 7) is 6.77. The summed E-state index contributed by atoms with van der Waals surface area (Å²) < 4.78 is 0. The van der Waals surface area contributed by atoms with E-state index in [9.17, 15) is 4.79 Å². The van der Waals surface area contributed by atoms with Gasteiger partial charge in [0, 0.05) is 12.2 Å². The van der Waals surface area contributed by atoms with Crippen molar-refractivity contribution in [2.75, 3.05) is 11.4 Å². The number of hydrogen-bond acceptors (Lipinski definition) is 2. The Balaban J connectivity index is 3.18. The summed E-state index contributed by atoms with van der Waals surface area (Å²) in [6.07, 6.45) is 3.26. The van der Waals surface area contributed by atoms with Crippen LogP contribution in [0.4, 0.5) is 5.69 Å². The highest BCUT2D eigenvalue weighted by Crippen LogP contribution is 2.32. The lowest BCUT2D eigenvalue weighted by molar-refractivity contribution is -0.125. The third-order valence-corrected chi connectivity index (χ3v) is 4.53. The Morgan fingerprint density at radius 2 is 1.76 bits per heavy atom. The van der Waals surface area contributed by atoms with Crippen LogP contribution < -0.4 is 10.6 Å². The third kappa shape index (κ3) is 3.82. The molecule has 2 N–H and O–H groups in total. The molecule has 1 rings (SSSR count). The molecule has 116 valence electrons. The molecule has 0 saturated carbocycles. The second-order valence-corrected chi connectivity index (χ2v) is 5.74. The Hall–Kier alpha value is -1.42. The van der Waals surface area contributed by atoms with E-state index < -0.39 is 5.41 Å². The Bertz CT molecular complexity index is 469. The van der Waals surface area contributed by atoms with Gasteiger partial charge in [-0.15, -0.1) is 0 Å². The highest BCUT2D eigenvalue weighted by molar-refractivity contribution is 7.80. The zero-order valence-corrected chi connectivity index (χ0v) is 14.1. The van der Waals surface area contributed by atoms with E-state index in [0.29, 0.717) is 24.4 Å². The molecule has 0 heterocycles. The molecular weight excluding hydrogens is 280 g/mol. The molecule has 0 radical (unpaired) electrons. The van der Waals surface area contributed by atoms with Crippen molar-refractivity contribution in [1.29, 1.82) is 0 Å². The van der Waals surface area contributed by atoms with Gasteiger partial charge in [0.1, 0.15) is 0 Å². The fourth-order valence-electron chi connectivity index (χ4n) is 2.54. The van der Waals surface area contributed by atoms with Crippen molar-refractivity contribution in [3.63, 3.8) is 0 Å². The molecule has 0 bridgehead atoms. The minimum Gasteiger partial charge on any atom is -0.392 e. The maximum absolute atomic E-state index is 13.1. The number of para-hydroxylation sites is 1. The van der Waals surface area contributed by atoms with Crippen LogP contribution in [-0.4, -0.2) is 17.4 Å². The standard InChI is InChI=1S/C17H26N2OS/c1-4-7-13-19(14-11-9-8-10-12-14)16(20)17(5-2,6-3)15(18)21/h8-12H,4-7,13H2,1-3H3,(H2,18,21). The number of amides is 1. The van der Waals surface area contributed by atoms with Gasteiger partial charge in [-0.1, -0.05) is 57.6 Å². The second-order valence-electron chi connectivity index (χ2n) is 5.30. The number of unbranched alkanes of at least 4 members (excludes halogenated alkanes) is 1. The van der Waals surface area contributed by atoms with Crippen molar-refractivity contribution >= 4 is 28.8 Å². The smallest absolute Gasteiger partial charge is 0.240 e. The molecule has 21 heavy (non-hydrogen) atoms. The molecule has 0 aliphatic heterocycles. The van der Waals surface area contributed by atoms with Crippen LogP contribution in [0, 0.1) is 5.41 Å². The fraction of sp³-hybridized carbons (Fsp3) is 0.529. The molecule has 0 atom stereocenters. The quantitative estimate of drug-likeness (QED) is 0.741. The number of nitrogens with zero attached hydrogens (tertiary/aromatic N) is 1. The monoisotopic (exact) mass is 306 g/mol. The van der Waals surface area contributed by atoms with Crippen molar-refractivity contribution in [3.8, 4) is 0 Å². The predicted molar refractivity (Wildman–Crippen MR) is 93.5 cm³/mol. The van der Waals surface area contributed by atoms with Crippen LogP contribution in [0.2, 0.25) is 0 Å². The van der Waals surface area contributed by atoms with Crippen LogP contribution in [-0.2, 0) is 4.79 Å². The molecule has 0 aliphatic rings. The van der Waals surface area contributed by atoms with Crippen LogP contribution in [0.1, 0.15) is 46.5 Å². The summed E-state index contributed by atoms with van der Waals surface area (Å²) in [5.74, 6) is 0.0275. The molecule has 0 unspecified atom stereocenters. The van der Waals surface area contributed by atoms with Gasteiger partial charge >= 0.3 is 0 Å². The molecule has 0 spiro atoms. The van der Waals surface area contributed by atoms with Gasteiger partial charge in [-0.25, -0.2) is 0 Å². The van der Waals surface area contributed by atoms with Crippen LogP contribution in [0.15, 0.2) is 30.3 Å². The summed E-state index contributed by atoms with van der Waals surface area (Å²) in [6, 6.07) is 9.77. The van der Waals surface area contributed by atoms with E-state index in [4.69, 9.17) is 18.0 Å². The number of anilines is 1. The van der Waals surface area contributed by atoms with E-state index in [-0.39, 0.29) is 5.91 Å². The van der Waals surface area contributed by atoms with Gasteiger partial charge < -0.3 is 10.6 Å². The van der Waals surface area contributed by atoms with Crippen LogP contribution in [0.25, 0.3) is 0 Å².